The monoisotopic (exact) mass is 263 g/mol. The van der Waals surface area contributed by atoms with Crippen molar-refractivity contribution in [2.24, 2.45) is 0 Å². The summed E-state index contributed by atoms with van der Waals surface area (Å²) < 4.78 is 5.03. The summed E-state index contributed by atoms with van der Waals surface area (Å²) in [5.74, 6) is 0.836. The first-order chi connectivity index (χ1) is 8.70. The Morgan fingerprint density at radius 1 is 1.22 bits per heavy atom. The molecule has 0 aliphatic carbocycles. The number of anilines is 1. The van der Waals surface area contributed by atoms with Crippen LogP contribution in [0.4, 0.5) is 5.69 Å². The van der Waals surface area contributed by atoms with Crippen molar-refractivity contribution in [1.82, 2.24) is 0 Å². The molecule has 2 aromatic carbocycles. The van der Waals surface area contributed by atoms with Crippen LogP contribution in [0, 0.1) is 0 Å². The molecule has 0 amide bonds. The lowest BCUT2D eigenvalue weighted by Gasteiger charge is -2.10. The van der Waals surface area contributed by atoms with Crippen LogP contribution in [0.5, 0.6) is 11.5 Å². The van der Waals surface area contributed by atoms with Crippen molar-refractivity contribution in [2.75, 3.05) is 12.4 Å². The third kappa shape index (κ3) is 2.87. The second-order valence-electron chi connectivity index (χ2n) is 3.83. The second kappa shape index (κ2) is 5.65. The highest BCUT2D eigenvalue weighted by molar-refractivity contribution is 6.33. The Kier molecular flexibility index (Phi) is 3.95. The van der Waals surface area contributed by atoms with Gasteiger partial charge in [0.1, 0.15) is 11.5 Å². The SMILES string of the molecule is COc1ccc(CNc2ccccc2Cl)c(O)c1. The first-order valence-electron chi connectivity index (χ1n) is 5.55. The number of hydrogen-bond donors (Lipinski definition) is 2. The molecule has 0 aliphatic heterocycles. The maximum atomic E-state index is 9.82. The van der Waals surface area contributed by atoms with Crippen LogP contribution < -0.4 is 10.1 Å². The second-order valence-corrected chi connectivity index (χ2v) is 4.24. The average molecular weight is 264 g/mol. The molecule has 0 aliphatic rings. The Labute approximate surface area is 111 Å². The number of nitrogens with one attached hydrogen (secondary N) is 1. The smallest absolute Gasteiger partial charge is 0.124 e. The quantitative estimate of drug-likeness (QED) is 0.884. The van der Waals surface area contributed by atoms with Crippen molar-refractivity contribution in [2.45, 2.75) is 6.54 Å². The summed E-state index contributed by atoms with van der Waals surface area (Å²) in [5, 5.41) is 13.6. The van der Waals surface area contributed by atoms with Crippen LogP contribution in [-0.4, -0.2) is 12.2 Å². The van der Waals surface area contributed by atoms with Gasteiger partial charge in [-0.25, -0.2) is 0 Å². The minimum Gasteiger partial charge on any atom is -0.507 e. The van der Waals surface area contributed by atoms with Gasteiger partial charge in [0, 0.05) is 18.2 Å². The van der Waals surface area contributed by atoms with Crippen molar-refractivity contribution in [3.05, 3.63) is 53.1 Å². The van der Waals surface area contributed by atoms with Gasteiger partial charge in [0.25, 0.3) is 0 Å². The van der Waals surface area contributed by atoms with Crippen LogP contribution in [0.15, 0.2) is 42.5 Å². The molecule has 0 fully saturated rings. The summed E-state index contributed by atoms with van der Waals surface area (Å²) in [5.41, 5.74) is 1.63. The lowest BCUT2D eigenvalue weighted by atomic mass is 10.2. The molecule has 4 heteroatoms. The van der Waals surface area contributed by atoms with E-state index in [0.29, 0.717) is 17.3 Å². The molecule has 0 saturated heterocycles. The van der Waals surface area contributed by atoms with E-state index in [1.54, 1.807) is 13.2 Å². The normalized spacial score (nSPS) is 10.1. The third-order valence-electron chi connectivity index (χ3n) is 2.64. The Balaban J connectivity index is 2.09. The summed E-state index contributed by atoms with van der Waals surface area (Å²) in [6.07, 6.45) is 0. The molecular weight excluding hydrogens is 250 g/mol. The van der Waals surface area contributed by atoms with Crippen molar-refractivity contribution >= 4 is 17.3 Å². The lowest BCUT2D eigenvalue weighted by molar-refractivity contribution is 0.406. The van der Waals surface area contributed by atoms with E-state index in [0.717, 1.165) is 11.3 Å². The molecule has 2 N–H and O–H groups in total. The number of ether oxygens (including phenoxy) is 1. The summed E-state index contributed by atoms with van der Waals surface area (Å²) in [7, 11) is 1.57. The number of aromatic hydroxyl groups is 1. The van der Waals surface area contributed by atoms with Crippen molar-refractivity contribution in [1.29, 1.82) is 0 Å². The summed E-state index contributed by atoms with van der Waals surface area (Å²) in [6.45, 7) is 0.500. The standard InChI is InChI=1S/C14H14ClNO2/c1-18-11-7-6-10(14(17)8-11)9-16-13-5-3-2-4-12(13)15/h2-8,16-17H,9H2,1H3. The van der Waals surface area contributed by atoms with Gasteiger partial charge in [-0.3, -0.25) is 0 Å². The number of methoxy groups -OCH3 is 1. The number of halogens is 1. The molecule has 18 heavy (non-hydrogen) atoms. The van der Waals surface area contributed by atoms with Crippen LogP contribution in [0.3, 0.4) is 0 Å². The van der Waals surface area contributed by atoms with E-state index < -0.39 is 0 Å². The molecule has 0 spiro atoms. The van der Waals surface area contributed by atoms with E-state index in [1.807, 2.05) is 36.4 Å². The van der Waals surface area contributed by atoms with Gasteiger partial charge >= 0.3 is 0 Å². The molecule has 3 nitrogen and oxygen atoms in total. The highest BCUT2D eigenvalue weighted by atomic mass is 35.5. The molecule has 0 saturated carbocycles. The number of para-hydroxylation sites is 1. The highest BCUT2D eigenvalue weighted by Crippen LogP contribution is 2.26. The van der Waals surface area contributed by atoms with Crippen LogP contribution in [-0.2, 0) is 6.54 Å². The zero-order valence-electron chi connectivity index (χ0n) is 9.98. The van der Waals surface area contributed by atoms with E-state index in [-0.39, 0.29) is 5.75 Å². The zero-order chi connectivity index (χ0) is 13.0. The predicted octanol–water partition coefficient (Wildman–Crippen LogP) is 3.67. The van der Waals surface area contributed by atoms with Crippen molar-refractivity contribution < 1.29 is 9.84 Å². The molecule has 0 unspecified atom stereocenters. The third-order valence-corrected chi connectivity index (χ3v) is 2.97. The first kappa shape index (κ1) is 12.6. The molecule has 0 aromatic heterocycles. The Bertz CT molecular complexity index is 543. The first-order valence-corrected chi connectivity index (χ1v) is 5.93. The van der Waals surface area contributed by atoms with Crippen LogP contribution in [0.25, 0.3) is 0 Å². The van der Waals surface area contributed by atoms with Crippen molar-refractivity contribution in [3.63, 3.8) is 0 Å². The number of hydrogen-bond acceptors (Lipinski definition) is 3. The predicted molar refractivity (Wildman–Crippen MR) is 73.4 cm³/mol. The minimum absolute atomic E-state index is 0.203. The van der Waals surface area contributed by atoms with E-state index in [4.69, 9.17) is 16.3 Å². The van der Waals surface area contributed by atoms with Gasteiger partial charge in [0.05, 0.1) is 17.8 Å². The fourth-order valence-corrected chi connectivity index (χ4v) is 1.82. The van der Waals surface area contributed by atoms with Crippen LogP contribution >= 0.6 is 11.6 Å². The minimum atomic E-state index is 0.203. The van der Waals surface area contributed by atoms with Crippen molar-refractivity contribution in [3.8, 4) is 11.5 Å². The average Bonchev–Trinajstić information content (AvgIpc) is 2.39. The van der Waals surface area contributed by atoms with Gasteiger partial charge in [-0.05, 0) is 24.3 Å². The summed E-state index contributed by atoms with van der Waals surface area (Å²) in [6, 6.07) is 12.7. The van der Waals surface area contributed by atoms with E-state index >= 15 is 0 Å². The molecule has 2 rings (SSSR count). The van der Waals surface area contributed by atoms with Gasteiger partial charge < -0.3 is 15.2 Å². The highest BCUT2D eigenvalue weighted by Gasteiger charge is 2.04. The lowest BCUT2D eigenvalue weighted by Crippen LogP contribution is -2.00. The summed E-state index contributed by atoms with van der Waals surface area (Å²) >= 11 is 6.03. The largest absolute Gasteiger partial charge is 0.507 e. The molecule has 0 atom stereocenters. The van der Waals surface area contributed by atoms with E-state index in [2.05, 4.69) is 5.32 Å². The van der Waals surface area contributed by atoms with Gasteiger partial charge in [-0.1, -0.05) is 23.7 Å². The van der Waals surface area contributed by atoms with Crippen LogP contribution in [0.2, 0.25) is 5.02 Å². The fraction of sp³-hybridized carbons (Fsp3) is 0.143. The zero-order valence-corrected chi connectivity index (χ0v) is 10.7. The van der Waals surface area contributed by atoms with E-state index in [1.165, 1.54) is 0 Å². The topological polar surface area (TPSA) is 41.5 Å². The van der Waals surface area contributed by atoms with Gasteiger partial charge in [0.15, 0.2) is 0 Å². The maximum absolute atomic E-state index is 9.82. The van der Waals surface area contributed by atoms with E-state index in [9.17, 15) is 5.11 Å². The fourth-order valence-electron chi connectivity index (χ4n) is 1.62. The number of phenols is 1. The Hall–Kier alpha value is -1.87. The van der Waals surface area contributed by atoms with Gasteiger partial charge in [-0.2, -0.15) is 0 Å². The molecular formula is C14H14ClNO2. The van der Waals surface area contributed by atoms with Crippen LogP contribution in [0.1, 0.15) is 5.56 Å². The molecule has 0 bridgehead atoms. The van der Waals surface area contributed by atoms with Gasteiger partial charge in [-0.15, -0.1) is 0 Å². The number of phenolic OH excluding ortho intramolecular Hbond substituents is 1. The maximum Gasteiger partial charge on any atom is 0.124 e. The molecule has 0 heterocycles. The van der Waals surface area contributed by atoms with Gasteiger partial charge in [0.2, 0.25) is 0 Å². The number of benzene rings is 2. The Morgan fingerprint density at radius 3 is 2.67 bits per heavy atom. The molecule has 2 aromatic rings. The molecule has 94 valence electrons. The Morgan fingerprint density at radius 2 is 2.00 bits per heavy atom. The molecule has 0 radical (unpaired) electrons. The number of rotatable bonds is 4. The summed E-state index contributed by atoms with van der Waals surface area (Å²) in [4.78, 5) is 0.